The molecule has 0 aromatic rings. The molecule has 2 heterocycles. The molecular formula is C34H56O8. The van der Waals surface area contributed by atoms with Crippen LogP contribution in [0.4, 0.5) is 0 Å². The Bertz CT molecular complexity index is 1050. The van der Waals surface area contributed by atoms with Gasteiger partial charge >= 0.3 is 5.97 Å². The number of aliphatic hydroxyl groups excluding tert-OH is 2. The molecular weight excluding hydrogens is 536 g/mol. The van der Waals surface area contributed by atoms with E-state index in [0.717, 1.165) is 12.8 Å². The number of aliphatic hydroxyl groups is 3. The molecule has 240 valence electrons. The Morgan fingerprint density at radius 2 is 1.76 bits per heavy atom. The highest BCUT2D eigenvalue weighted by atomic mass is 16.6. The Labute approximate surface area is 252 Å². The van der Waals surface area contributed by atoms with Crippen molar-refractivity contribution in [3.63, 3.8) is 0 Å². The third-order valence-electron chi connectivity index (χ3n) is 11.0. The van der Waals surface area contributed by atoms with Crippen molar-refractivity contribution in [2.24, 2.45) is 23.7 Å². The first-order chi connectivity index (χ1) is 19.7. The molecule has 2 saturated heterocycles. The molecule has 2 aliphatic heterocycles. The van der Waals surface area contributed by atoms with Gasteiger partial charge in [-0.25, -0.2) is 4.79 Å². The molecule has 4 N–H and O–H groups in total. The second kappa shape index (κ2) is 13.9. The second-order valence-electron chi connectivity index (χ2n) is 13.6. The normalized spacial score (nSPS) is 35.2. The van der Waals surface area contributed by atoms with Crippen LogP contribution in [0, 0.1) is 23.7 Å². The monoisotopic (exact) mass is 592 g/mol. The average molecular weight is 593 g/mol. The summed E-state index contributed by atoms with van der Waals surface area (Å²) in [5.74, 6) is -2.33. The van der Waals surface area contributed by atoms with Crippen molar-refractivity contribution in [3.8, 4) is 0 Å². The fourth-order valence-corrected chi connectivity index (χ4v) is 7.75. The average Bonchev–Trinajstić information content (AvgIpc) is 3.31. The van der Waals surface area contributed by atoms with Crippen molar-refractivity contribution in [3.05, 3.63) is 22.5 Å². The second-order valence-corrected chi connectivity index (χ2v) is 13.6. The van der Waals surface area contributed by atoms with E-state index in [-0.39, 0.29) is 53.2 Å². The zero-order valence-electron chi connectivity index (χ0n) is 27.1. The number of carbonyl (C=O) groups excluding carboxylic acids is 1. The van der Waals surface area contributed by atoms with Gasteiger partial charge in [0.25, 0.3) is 0 Å². The Balaban J connectivity index is 1.69. The van der Waals surface area contributed by atoms with Crippen LogP contribution in [0.1, 0.15) is 120 Å². The zero-order chi connectivity index (χ0) is 31.6. The lowest BCUT2D eigenvalue weighted by atomic mass is 9.76. The largest absolute Gasteiger partial charge is 0.507 e. The maximum atomic E-state index is 13.9. The highest BCUT2D eigenvalue weighted by Crippen LogP contribution is 2.48. The number of ketones is 1. The molecule has 0 bridgehead atoms. The number of carbonyl (C=O) groups is 2. The van der Waals surface area contributed by atoms with Crippen LogP contribution in [0.5, 0.6) is 0 Å². The van der Waals surface area contributed by atoms with Gasteiger partial charge in [0, 0.05) is 11.8 Å². The van der Waals surface area contributed by atoms with Crippen LogP contribution in [0.2, 0.25) is 0 Å². The van der Waals surface area contributed by atoms with Gasteiger partial charge in [0.05, 0.1) is 35.6 Å². The summed E-state index contributed by atoms with van der Waals surface area (Å²) in [5.41, 5.74) is 0.0211. The van der Waals surface area contributed by atoms with E-state index in [0.29, 0.717) is 62.5 Å². The van der Waals surface area contributed by atoms with E-state index in [1.54, 1.807) is 13.8 Å². The number of allylic oxidation sites excluding steroid dienone is 2. The number of ether oxygens (including phenoxy) is 2. The molecule has 0 aromatic carbocycles. The summed E-state index contributed by atoms with van der Waals surface area (Å²) in [5, 5.41) is 42.2. The fraction of sp³-hybridized carbons (Fsp3) is 0.824. The third-order valence-corrected chi connectivity index (χ3v) is 11.0. The third kappa shape index (κ3) is 6.82. The van der Waals surface area contributed by atoms with Crippen molar-refractivity contribution < 1.29 is 39.5 Å². The lowest BCUT2D eigenvalue weighted by molar-refractivity contribution is -0.229. The molecule has 0 amide bonds. The van der Waals surface area contributed by atoms with Crippen molar-refractivity contribution in [2.75, 3.05) is 0 Å². The summed E-state index contributed by atoms with van der Waals surface area (Å²) in [6, 6.07) is 0. The number of rotatable bonds is 13. The number of hydrogen-bond acceptors (Lipinski definition) is 7. The molecule has 10 atom stereocenters. The Hall–Kier alpha value is -1.74. The lowest BCUT2D eigenvalue weighted by Gasteiger charge is -2.47. The van der Waals surface area contributed by atoms with Crippen LogP contribution in [-0.2, 0) is 19.1 Å². The molecule has 2 fully saturated rings. The van der Waals surface area contributed by atoms with E-state index in [2.05, 4.69) is 13.8 Å². The van der Waals surface area contributed by atoms with Gasteiger partial charge in [-0.15, -0.1) is 0 Å². The summed E-state index contributed by atoms with van der Waals surface area (Å²) in [6.45, 7) is 15.6. The van der Waals surface area contributed by atoms with Crippen LogP contribution < -0.4 is 0 Å². The van der Waals surface area contributed by atoms with E-state index in [1.807, 2.05) is 27.7 Å². The number of carboxylic acid groups (broad SMARTS) is 1. The molecule has 8 nitrogen and oxygen atoms in total. The Morgan fingerprint density at radius 1 is 1.10 bits per heavy atom. The quantitative estimate of drug-likeness (QED) is 0.196. The van der Waals surface area contributed by atoms with Gasteiger partial charge in [0.2, 0.25) is 0 Å². The highest BCUT2D eigenvalue weighted by molar-refractivity contribution is 5.92. The first kappa shape index (κ1) is 34.7. The lowest BCUT2D eigenvalue weighted by Crippen LogP contribution is -2.55. The number of Topliss-reactive ketones (excluding diaryl/α,β-unsaturated/α-hetero) is 1. The molecule has 42 heavy (non-hydrogen) atoms. The first-order valence-corrected chi connectivity index (χ1v) is 16.3. The van der Waals surface area contributed by atoms with Gasteiger partial charge in [-0.3, -0.25) is 4.79 Å². The molecule has 0 saturated carbocycles. The van der Waals surface area contributed by atoms with Crippen LogP contribution in [-0.4, -0.2) is 67.8 Å². The van der Waals surface area contributed by atoms with Gasteiger partial charge in [0.1, 0.15) is 17.1 Å². The van der Waals surface area contributed by atoms with Crippen molar-refractivity contribution in [2.45, 2.75) is 155 Å². The predicted molar refractivity (Wildman–Crippen MR) is 162 cm³/mol. The van der Waals surface area contributed by atoms with Gasteiger partial charge in [-0.2, -0.15) is 0 Å². The topological polar surface area (TPSA) is 134 Å². The SMILES string of the molecule is CC[C@@H](C(=O)C(C)[C@@H](O)[C@H](C)CCC1=C(C(=O)O)C(O)=C(C)CC1)C1OC(CC)(C2CC[C@](O)(CC)[C@H](C)O2)C[C@@H]1C. The van der Waals surface area contributed by atoms with Gasteiger partial charge in [-0.05, 0) is 95.5 Å². The summed E-state index contributed by atoms with van der Waals surface area (Å²) in [6.07, 6.45) is 4.74. The summed E-state index contributed by atoms with van der Waals surface area (Å²) in [7, 11) is 0. The fourth-order valence-electron chi connectivity index (χ4n) is 7.75. The number of aliphatic carboxylic acids is 1. The molecule has 0 radical (unpaired) electrons. The van der Waals surface area contributed by atoms with Crippen LogP contribution in [0.15, 0.2) is 22.5 Å². The van der Waals surface area contributed by atoms with Crippen LogP contribution in [0.25, 0.3) is 0 Å². The van der Waals surface area contributed by atoms with E-state index < -0.39 is 29.2 Å². The smallest absolute Gasteiger partial charge is 0.339 e. The molecule has 1 aliphatic carbocycles. The van der Waals surface area contributed by atoms with Gasteiger partial charge in [-0.1, -0.05) is 47.1 Å². The van der Waals surface area contributed by atoms with E-state index >= 15 is 0 Å². The first-order valence-electron chi connectivity index (χ1n) is 16.3. The van der Waals surface area contributed by atoms with Crippen molar-refractivity contribution >= 4 is 11.8 Å². The number of hydrogen-bond donors (Lipinski definition) is 4. The summed E-state index contributed by atoms with van der Waals surface area (Å²) in [4.78, 5) is 25.7. The van der Waals surface area contributed by atoms with E-state index in [1.165, 1.54) is 0 Å². The Morgan fingerprint density at radius 3 is 2.31 bits per heavy atom. The van der Waals surface area contributed by atoms with Crippen LogP contribution >= 0.6 is 0 Å². The molecule has 8 heteroatoms. The molecule has 4 unspecified atom stereocenters. The van der Waals surface area contributed by atoms with E-state index in [4.69, 9.17) is 9.47 Å². The zero-order valence-corrected chi connectivity index (χ0v) is 27.1. The maximum Gasteiger partial charge on any atom is 0.339 e. The predicted octanol–water partition coefficient (Wildman–Crippen LogP) is 6.28. The minimum atomic E-state index is -1.13. The van der Waals surface area contributed by atoms with Gasteiger partial charge in [0.15, 0.2) is 0 Å². The minimum absolute atomic E-state index is 0.00167. The number of carboxylic acids is 1. The van der Waals surface area contributed by atoms with Gasteiger partial charge < -0.3 is 29.9 Å². The summed E-state index contributed by atoms with van der Waals surface area (Å²) >= 11 is 0. The standard InChI is InChI=1S/C34H56O8/c1-9-25(31-21(6)18-34(11-3,42-31)26-16-17-33(40,10-2)23(8)41-26)30(37)22(7)28(35)19(4)12-14-24-15-13-20(5)29(36)27(24)32(38)39/h19,21-23,25-26,28,31,35-36,40H,9-18H2,1-8H3,(H,38,39)/t19-,21+,22?,23+,25+,26?,28+,31?,33-,34?/m1/s1. The van der Waals surface area contributed by atoms with Crippen LogP contribution in [0.3, 0.4) is 0 Å². The minimum Gasteiger partial charge on any atom is -0.507 e. The molecule has 3 rings (SSSR count). The molecule has 3 aliphatic rings. The van der Waals surface area contributed by atoms with Crippen molar-refractivity contribution in [1.29, 1.82) is 0 Å². The maximum absolute atomic E-state index is 13.9. The molecule has 0 spiro atoms. The Kier molecular flexibility index (Phi) is 11.5. The van der Waals surface area contributed by atoms with E-state index in [9.17, 15) is 30.0 Å². The van der Waals surface area contributed by atoms with Crippen molar-refractivity contribution in [1.82, 2.24) is 0 Å². The summed E-state index contributed by atoms with van der Waals surface area (Å²) < 4.78 is 13.3. The highest BCUT2D eigenvalue weighted by Gasteiger charge is 2.55. The molecule has 0 aromatic heterocycles.